The van der Waals surface area contributed by atoms with Gasteiger partial charge in [-0.15, -0.1) is 6.58 Å². The van der Waals surface area contributed by atoms with Crippen LogP contribution >= 0.6 is 0 Å². The van der Waals surface area contributed by atoms with E-state index >= 15 is 0 Å². The van der Waals surface area contributed by atoms with Gasteiger partial charge in [0.1, 0.15) is 0 Å². The summed E-state index contributed by atoms with van der Waals surface area (Å²) < 4.78 is 0. The molecule has 0 aromatic heterocycles. The molecule has 0 rings (SSSR count). The van der Waals surface area contributed by atoms with Crippen LogP contribution < -0.4 is 5.32 Å². The molecule has 0 amide bonds. The number of aliphatic hydroxyl groups is 3. The van der Waals surface area contributed by atoms with Gasteiger partial charge in [0.25, 0.3) is 0 Å². The van der Waals surface area contributed by atoms with Crippen molar-refractivity contribution in [2.45, 2.75) is 122 Å². The molecule has 0 aromatic carbocycles. The molecule has 0 atom stereocenters. The molecule has 0 unspecified atom stereocenters. The summed E-state index contributed by atoms with van der Waals surface area (Å²) in [5, 5.41) is 31.4. The normalized spacial score (nSPS) is 11.8. The minimum absolute atomic E-state index is 0.0686. The summed E-state index contributed by atoms with van der Waals surface area (Å²) >= 11 is 0. The number of rotatable bonds is 26. The third-order valence-electron chi connectivity index (χ3n) is 6.78. The van der Waals surface area contributed by atoms with Gasteiger partial charge in [-0.25, -0.2) is 0 Å². The van der Waals surface area contributed by atoms with Crippen molar-refractivity contribution in [1.29, 1.82) is 0 Å². The van der Waals surface area contributed by atoms with Crippen LogP contribution in [0.2, 0.25) is 0 Å². The lowest BCUT2D eigenvalue weighted by Crippen LogP contribution is -2.25. The Morgan fingerprint density at radius 2 is 0.871 bits per heavy atom. The molecule has 0 heterocycles. The lowest BCUT2D eigenvalue weighted by Gasteiger charge is -2.32. The van der Waals surface area contributed by atoms with Crippen LogP contribution in [0.3, 0.4) is 0 Å². The fourth-order valence-corrected chi connectivity index (χ4v) is 4.71. The summed E-state index contributed by atoms with van der Waals surface area (Å²) in [4.78, 5) is 0. The number of nitrogens with one attached hydrogen (secondary N) is 1. The Morgan fingerprint density at radius 1 is 0.516 bits per heavy atom. The van der Waals surface area contributed by atoms with E-state index in [2.05, 4.69) is 11.9 Å². The molecule has 4 N–H and O–H groups in total. The van der Waals surface area contributed by atoms with Crippen molar-refractivity contribution in [3.05, 3.63) is 12.7 Å². The zero-order valence-electron chi connectivity index (χ0n) is 20.6. The Labute approximate surface area is 193 Å². The highest BCUT2D eigenvalue weighted by molar-refractivity contribution is 4.79. The Hall–Kier alpha value is -0.420. The molecule has 0 saturated heterocycles. The van der Waals surface area contributed by atoms with Crippen LogP contribution in [0.5, 0.6) is 0 Å². The first-order valence-corrected chi connectivity index (χ1v) is 13.4. The van der Waals surface area contributed by atoms with Crippen LogP contribution in [0.4, 0.5) is 0 Å². The van der Waals surface area contributed by atoms with E-state index in [0.29, 0.717) is 19.3 Å². The fourth-order valence-electron chi connectivity index (χ4n) is 4.71. The molecule has 0 fully saturated rings. The van der Waals surface area contributed by atoms with Crippen LogP contribution in [0.25, 0.3) is 0 Å². The summed E-state index contributed by atoms with van der Waals surface area (Å²) in [6.45, 7) is 6.22. The summed E-state index contributed by atoms with van der Waals surface area (Å²) in [5.41, 5.74) is -0.0686. The number of hydrogen-bond acceptors (Lipinski definition) is 4. The van der Waals surface area contributed by atoms with Crippen LogP contribution in [0, 0.1) is 5.41 Å². The lowest BCUT2D eigenvalue weighted by atomic mass is 9.74. The predicted molar refractivity (Wildman–Crippen MR) is 134 cm³/mol. The van der Waals surface area contributed by atoms with Crippen LogP contribution in [-0.2, 0) is 0 Å². The average Bonchev–Trinajstić information content (AvgIpc) is 2.76. The van der Waals surface area contributed by atoms with Gasteiger partial charge in [-0.3, -0.25) is 0 Å². The Balaban J connectivity index is 3.39. The van der Waals surface area contributed by atoms with Crippen molar-refractivity contribution in [2.24, 2.45) is 5.41 Å². The third-order valence-corrected chi connectivity index (χ3v) is 6.78. The Bertz CT molecular complexity index is 345. The van der Waals surface area contributed by atoms with Crippen molar-refractivity contribution in [1.82, 2.24) is 5.32 Å². The SMILES string of the molecule is C=CCNCCCCCCCCCCCCCCCCCC(CCO)(CCO)CCO. The molecule has 186 valence electrons. The summed E-state index contributed by atoms with van der Waals surface area (Å²) in [7, 11) is 0. The maximum Gasteiger partial charge on any atom is 0.0436 e. The number of hydrogen-bond donors (Lipinski definition) is 4. The summed E-state index contributed by atoms with van der Waals surface area (Å²) in [5.74, 6) is 0. The molecule has 0 aliphatic carbocycles. The summed E-state index contributed by atoms with van der Waals surface area (Å²) in [6.07, 6.45) is 25.2. The molecular weight excluding hydrogens is 386 g/mol. The van der Waals surface area contributed by atoms with E-state index in [1.807, 2.05) is 6.08 Å². The second-order valence-corrected chi connectivity index (χ2v) is 9.47. The molecule has 0 aliphatic heterocycles. The van der Waals surface area contributed by atoms with Gasteiger partial charge >= 0.3 is 0 Å². The van der Waals surface area contributed by atoms with E-state index < -0.39 is 0 Å². The molecule has 0 aliphatic rings. The molecule has 4 nitrogen and oxygen atoms in total. The minimum Gasteiger partial charge on any atom is -0.396 e. The fraction of sp³-hybridized carbons (Fsp3) is 0.926. The number of unbranched alkanes of at least 4 members (excludes halogenated alkanes) is 14. The van der Waals surface area contributed by atoms with Gasteiger partial charge in [0.15, 0.2) is 0 Å². The van der Waals surface area contributed by atoms with Gasteiger partial charge in [0.2, 0.25) is 0 Å². The van der Waals surface area contributed by atoms with Crippen LogP contribution in [-0.4, -0.2) is 48.2 Å². The molecule has 31 heavy (non-hydrogen) atoms. The summed E-state index contributed by atoms with van der Waals surface area (Å²) in [6, 6.07) is 0. The highest BCUT2D eigenvalue weighted by atomic mass is 16.3. The first-order chi connectivity index (χ1) is 15.2. The van der Waals surface area contributed by atoms with Gasteiger partial charge in [-0.2, -0.15) is 0 Å². The zero-order chi connectivity index (χ0) is 22.9. The van der Waals surface area contributed by atoms with Crippen molar-refractivity contribution in [3.63, 3.8) is 0 Å². The van der Waals surface area contributed by atoms with Gasteiger partial charge in [0.05, 0.1) is 0 Å². The average molecular weight is 442 g/mol. The van der Waals surface area contributed by atoms with Crippen LogP contribution in [0.15, 0.2) is 12.7 Å². The second-order valence-electron chi connectivity index (χ2n) is 9.47. The zero-order valence-corrected chi connectivity index (χ0v) is 20.6. The van der Waals surface area contributed by atoms with Crippen molar-refractivity contribution < 1.29 is 15.3 Å². The highest BCUT2D eigenvalue weighted by Gasteiger charge is 2.27. The molecule has 4 heteroatoms. The number of aliphatic hydroxyl groups excluding tert-OH is 3. The van der Waals surface area contributed by atoms with E-state index in [9.17, 15) is 15.3 Å². The van der Waals surface area contributed by atoms with Gasteiger partial charge in [-0.05, 0) is 44.1 Å². The van der Waals surface area contributed by atoms with E-state index in [1.54, 1.807) is 0 Å². The molecular formula is C27H55NO3. The highest BCUT2D eigenvalue weighted by Crippen LogP contribution is 2.36. The maximum atomic E-state index is 9.35. The quantitative estimate of drug-likeness (QED) is 0.0961. The smallest absolute Gasteiger partial charge is 0.0436 e. The monoisotopic (exact) mass is 441 g/mol. The van der Waals surface area contributed by atoms with Gasteiger partial charge < -0.3 is 20.6 Å². The minimum atomic E-state index is -0.0686. The standard InChI is InChI=1S/C27H55NO3/c1-2-22-28-23-17-15-13-11-9-7-5-3-4-6-8-10-12-14-16-18-27(19-24-29,20-25-30)21-26-31/h2,28-31H,1,3-26H2. The van der Waals surface area contributed by atoms with Crippen molar-refractivity contribution in [2.75, 3.05) is 32.9 Å². The van der Waals surface area contributed by atoms with Crippen molar-refractivity contribution in [3.8, 4) is 0 Å². The Morgan fingerprint density at radius 3 is 1.23 bits per heavy atom. The largest absolute Gasteiger partial charge is 0.396 e. The van der Waals surface area contributed by atoms with E-state index in [-0.39, 0.29) is 25.2 Å². The first kappa shape index (κ1) is 30.6. The topological polar surface area (TPSA) is 72.7 Å². The maximum absolute atomic E-state index is 9.35. The van der Waals surface area contributed by atoms with Gasteiger partial charge in [0, 0.05) is 26.4 Å². The third kappa shape index (κ3) is 20.0. The predicted octanol–water partition coefficient (Wildman–Crippen LogP) is 6.14. The lowest BCUT2D eigenvalue weighted by molar-refractivity contribution is 0.0885. The van der Waals surface area contributed by atoms with Gasteiger partial charge in [-0.1, -0.05) is 96.0 Å². The van der Waals surface area contributed by atoms with E-state index in [0.717, 1.165) is 25.9 Å². The molecule has 0 saturated carbocycles. The van der Waals surface area contributed by atoms with Crippen molar-refractivity contribution >= 4 is 0 Å². The molecule has 0 spiro atoms. The molecule has 0 bridgehead atoms. The molecule has 0 aromatic rings. The first-order valence-electron chi connectivity index (χ1n) is 13.4. The molecule has 0 radical (unpaired) electrons. The van der Waals surface area contributed by atoms with Crippen LogP contribution in [0.1, 0.15) is 122 Å². The van der Waals surface area contributed by atoms with E-state index in [1.165, 1.54) is 89.9 Å². The Kier molecular flexibility index (Phi) is 23.9. The second kappa shape index (κ2) is 24.2. The van der Waals surface area contributed by atoms with E-state index in [4.69, 9.17) is 0 Å².